The van der Waals surface area contributed by atoms with E-state index < -0.39 is 24.4 Å². The Morgan fingerprint density at radius 2 is 2.12 bits per heavy atom. The Morgan fingerprint density at radius 3 is 2.75 bits per heavy atom. The summed E-state index contributed by atoms with van der Waals surface area (Å²) in [7, 11) is 1.17. The van der Waals surface area contributed by atoms with Gasteiger partial charge in [-0.25, -0.2) is 14.0 Å². The maximum atomic E-state index is 12.9. The molecule has 86 valence electrons. The fourth-order valence-corrected chi connectivity index (χ4v) is 1.32. The third-order valence-corrected chi connectivity index (χ3v) is 2.39. The van der Waals surface area contributed by atoms with Gasteiger partial charge in [-0.1, -0.05) is 0 Å². The monoisotopic (exact) mass is 290 g/mol. The molecule has 0 aliphatic rings. The van der Waals surface area contributed by atoms with Gasteiger partial charge in [0.2, 0.25) is 0 Å². The maximum Gasteiger partial charge on any atom is 0.344 e. The molecule has 1 rings (SSSR count). The molecule has 0 aliphatic heterocycles. The summed E-state index contributed by atoms with van der Waals surface area (Å²) in [5.74, 6) is -2.04. The zero-order valence-electron chi connectivity index (χ0n) is 8.33. The number of hydrogen-bond donors (Lipinski definition) is 0. The van der Waals surface area contributed by atoms with Crippen LogP contribution in [0.5, 0.6) is 0 Å². The second-order valence-corrected chi connectivity index (χ2v) is 3.63. The largest absolute Gasteiger partial charge is 0.466 e. The molecule has 0 radical (unpaired) electrons. The molecule has 0 bridgehead atoms. The lowest BCUT2D eigenvalue weighted by Crippen LogP contribution is -2.15. The van der Waals surface area contributed by atoms with Crippen molar-refractivity contribution in [2.75, 3.05) is 13.7 Å². The smallest absolute Gasteiger partial charge is 0.344 e. The van der Waals surface area contributed by atoms with Crippen molar-refractivity contribution in [1.82, 2.24) is 0 Å². The molecule has 0 fully saturated rings. The van der Waals surface area contributed by atoms with Crippen LogP contribution in [0.2, 0.25) is 0 Å². The highest BCUT2D eigenvalue weighted by molar-refractivity contribution is 9.10. The summed E-state index contributed by atoms with van der Waals surface area (Å²) in [4.78, 5) is 22.1. The highest BCUT2D eigenvalue weighted by atomic mass is 79.9. The highest BCUT2D eigenvalue weighted by Crippen LogP contribution is 2.18. The van der Waals surface area contributed by atoms with Gasteiger partial charge >= 0.3 is 11.9 Å². The molecule has 0 amide bonds. The zero-order chi connectivity index (χ0) is 12.1. The molecule has 0 unspecified atom stereocenters. The van der Waals surface area contributed by atoms with E-state index >= 15 is 0 Å². The molecule has 1 aromatic rings. The molecule has 16 heavy (non-hydrogen) atoms. The van der Waals surface area contributed by atoms with E-state index in [1.807, 2.05) is 0 Å². The first-order valence-corrected chi connectivity index (χ1v) is 5.03. The quantitative estimate of drug-likeness (QED) is 0.798. The van der Waals surface area contributed by atoms with E-state index in [1.165, 1.54) is 19.2 Å². The molecule has 1 aromatic carbocycles. The van der Waals surface area contributed by atoms with Gasteiger partial charge in [-0.2, -0.15) is 0 Å². The molecule has 0 heterocycles. The summed E-state index contributed by atoms with van der Waals surface area (Å²) >= 11 is 3.07. The third kappa shape index (κ3) is 3.30. The van der Waals surface area contributed by atoms with E-state index in [0.717, 1.165) is 6.07 Å². The lowest BCUT2D eigenvalue weighted by molar-refractivity contribution is -0.144. The average Bonchev–Trinajstić information content (AvgIpc) is 2.28. The number of ether oxygens (including phenoxy) is 2. The molecule has 4 nitrogen and oxygen atoms in total. The van der Waals surface area contributed by atoms with Crippen LogP contribution in [-0.4, -0.2) is 25.7 Å². The number of esters is 2. The standard InChI is InChI=1S/C10H8BrFO4/c1-15-9(13)5-16-10(14)7-4-6(12)2-3-8(7)11/h2-4H,5H2,1H3. The fraction of sp³-hybridized carbons (Fsp3) is 0.200. The number of rotatable bonds is 3. The van der Waals surface area contributed by atoms with Gasteiger partial charge in [0.1, 0.15) is 5.82 Å². The van der Waals surface area contributed by atoms with Crippen LogP contribution in [-0.2, 0) is 14.3 Å². The Bertz CT molecular complexity index is 419. The van der Waals surface area contributed by atoms with Crippen LogP contribution in [0.25, 0.3) is 0 Å². The minimum atomic E-state index is -0.795. The first-order valence-electron chi connectivity index (χ1n) is 4.23. The first-order chi connectivity index (χ1) is 7.54. The van der Waals surface area contributed by atoms with E-state index in [0.29, 0.717) is 4.47 Å². The summed E-state index contributed by atoms with van der Waals surface area (Å²) in [6, 6.07) is 3.59. The zero-order valence-corrected chi connectivity index (χ0v) is 9.91. The second kappa shape index (κ2) is 5.60. The molecule has 0 aliphatic carbocycles. The predicted octanol–water partition coefficient (Wildman–Crippen LogP) is 1.92. The third-order valence-electron chi connectivity index (χ3n) is 1.70. The minimum Gasteiger partial charge on any atom is -0.466 e. The van der Waals surface area contributed by atoms with Crippen molar-refractivity contribution >= 4 is 27.9 Å². The normalized spacial score (nSPS) is 9.69. The van der Waals surface area contributed by atoms with Crippen molar-refractivity contribution in [2.45, 2.75) is 0 Å². The Hall–Kier alpha value is -1.43. The van der Waals surface area contributed by atoms with Crippen LogP contribution < -0.4 is 0 Å². The van der Waals surface area contributed by atoms with Crippen LogP contribution in [0, 0.1) is 5.82 Å². The molecular formula is C10H8BrFO4. The van der Waals surface area contributed by atoms with Gasteiger partial charge < -0.3 is 9.47 Å². The Kier molecular flexibility index (Phi) is 4.42. The Balaban J connectivity index is 2.73. The summed E-state index contributed by atoms with van der Waals surface area (Å²) in [6.07, 6.45) is 0. The van der Waals surface area contributed by atoms with Gasteiger partial charge in [-0.05, 0) is 34.1 Å². The summed E-state index contributed by atoms with van der Waals surface area (Å²) in [5.41, 5.74) is 0.0175. The molecule has 6 heteroatoms. The molecule has 0 N–H and O–H groups in total. The lowest BCUT2D eigenvalue weighted by Gasteiger charge is -2.05. The van der Waals surface area contributed by atoms with E-state index in [1.54, 1.807) is 0 Å². The molecule has 0 aromatic heterocycles. The van der Waals surface area contributed by atoms with Crippen molar-refractivity contribution in [2.24, 2.45) is 0 Å². The Morgan fingerprint density at radius 1 is 1.44 bits per heavy atom. The van der Waals surface area contributed by atoms with Gasteiger partial charge in [-0.15, -0.1) is 0 Å². The minimum absolute atomic E-state index is 0.0175. The number of carbonyl (C=O) groups excluding carboxylic acids is 2. The van der Waals surface area contributed by atoms with Crippen LogP contribution in [0.1, 0.15) is 10.4 Å². The topological polar surface area (TPSA) is 52.6 Å². The van der Waals surface area contributed by atoms with Crippen molar-refractivity contribution < 1.29 is 23.5 Å². The molecule has 0 saturated carbocycles. The molecule has 0 saturated heterocycles. The van der Waals surface area contributed by atoms with Crippen molar-refractivity contribution in [3.63, 3.8) is 0 Å². The van der Waals surface area contributed by atoms with Crippen molar-refractivity contribution in [3.05, 3.63) is 34.1 Å². The predicted molar refractivity (Wildman–Crippen MR) is 56.4 cm³/mol. The highest BCUT2D eigenvalue weighted by Gasteiger charge is 2.14. The van der Waals surface area contributed by atoms with E-state index in [4.69, 9.17) is 0 Å². The van der Waals surface area contributed by atoms with Crippen molar-refractivity contribution in [1.29, 1.82) is 0 Å². The van der Waals surface area contributed by atoms with Crippen LogP contribution in [0.3, 0.4) is 0 Å². The fourth-order valence-electron chi connectivity index (χ4n) is 0.915. The number of halogens is 2. The number of hydrogen-bond acceptors (Lipinski definition) is 4. The lowest BCUT2D eigenvalue weighted by atomic mass is 10.2. The Labute approximate surface area is 99.5 Å². The molecular weight excluding hydrogens is 283 g/mol. The second-order valence-electron chi connectivity index (χ2n) is 2.78. The number of carbonyl (C=O) groups is 2. The average molecular weight is 291 g/mol. The van der Waals surface area contributed by atoms with Gasteiger partial charge in [0, 0.05) is 4.47 Å². The SMILES string of the molecule is COC(=O)COC(=O)c1cc(F)ccc1Br. The van der Waals surface area contributed by atoms with Gasteiger partial charge in [0.15, 0.2) is 6.61 Å². The first kappa shape index (κ1) is 12.6. The van der Waals surface area contributed by atoms with E-state index in [2.05, 4.69) is 25.4 Å². The van der Waals surface area contributed by atoms with Gasteiger partial charge in [0.25, 0.3) is 0 Å². The van der Waals surface area contributed by atoms with Gasteiger partial charge in [0.05, 0.1) is 12.7 Å². The van der Waals surface area contributed by atoms with Crippen LogP contribution >= 0.6 is 15.9 Å². The van der Waals surface area contributed by atoms with E-state index in [9.17, 15) is 14.0 Å². The maximum absolute atomic E-state index is 12.9. The van der Waals surface area contributed by atoms with Crippen molar-refractivity contribution in [3.8, 4) is 0 Å². The number of benzene rings is 1. The number of methoxy groups -OCH3 is 1. The van der Waals surface area contributed by atoms with E-state index in [-0.39, 0.29) is 5.56 Å². The van der Waals surface area contributed by atoms with Crippen LogP contribution in [0.15, 0.2) is 22.7 Å². The molecule has 0 spiro atoms. The summed E-state index contributed by atoms with van der Waals surface area (Å²) in [6.45, 7) is -0.502. The van der Waals surface area contributed by atoms with Gasteiger partial charge in [-0.3, -0.25) is 0 Å². The summed E-state index contributed by atoms with van der Waals surface area (Å²) < 4.78 is 22.1. The molecule has 0 atom stereocenters. The van der Waals surface area contributed by atoms with Crippen LogP contribution in [0.4, 0.5) is 4.39 Å². The summed E-state index contributed by atoms with van der Waals surface area (Å²) in [5, 5.41) is 0.